The molecule has 0 saturated carbocycles. The summed E-state index contributed by atoms with van der Waals surface area (Å²) in [6.07, 6.45) is 3.34. The highest BCUT2D eigenvalue weighted by Gasteiger charge is 2.03. The number of hydrogen-bond donors (Lipinski definition) is 1. The molecule has 0 amide bonds. The van der Waals surface area contributed by atoms with Gasteiger partial charge in [0.2, 0.25) is 0 Å². The van der Waals surface area contributed by atoms with Crippen LogP contribution in [-0.2, 0) is 0 Å². The van der Waals surface area contributed by atoms with Crippen molar-refractivity contribution < 1.29 is 0 Å². The van der Waals surface area contributed by atoms with Gasteiger partial charge in [-0.2, -0.15) is 5.26 Å². The fourth-order valence-corrected chi connectivity index (χ4v) is 1.74. The van der Waals surface area contributed by atoms with Crippen LogP contribution in [0.2, 0.25) is 0 Å². The van der Waals surface area contributed by atoms with Crippen molar-refractivity contribution in [1.29, 1.82) is 5.26 Å². The molecule has 1 rings (SSSR count). The lowest BCUT2D eigenvalue weighted by molar-refractivity contribution is 0.657. The molecule has 0 atom stereocenters. The fourth-order valence-electron chi connectivity index (χ4n) is 1.74. The van der Waals surface area contributed by atoms with E-state index in [1.807, 2.05) is 24.3 Å². The lowest BCUT2D eigenvalue weighted by atomic mass is 9.99. The van der Waals surface area contributed by atoms with Crippen molar-refractivity contribution >= 4 is 6.08 Å². The smallest absolute Gasteiger partial charge is 0.0991 e. The third-order valence-electron chi connectivity index (χ3n) is 2.87. The third kappa shape index (κ3) is 4.73. The number of rotatable bonds is 6. The van der Waals surface area contributed by atoms with E-state index in [4.69, 9.17) is 5.26 Å². The van der Waals surface area contributed by atoms with Gasteiger partial charge in [-0.05, 0) is 36.6 Å². The Bertz CT molecular complexity index is 439. The molecule has 2 nitrogen and oxygen atoms in total. The van der Waals surface area contributed by atoms with E-state index in [1.54, 1.807) is 0 Å². The summed E-state index contributed by atoms with van der Waals surface area (Å²) >= 11 is 0. The number of benzene rings is 1. The van der Waals surface area contributed by atoms with E-state index in [9.17, 15) is 0 Å². The third-order valence-corrected chi connectivity index (χ3v) is 2.87. The van der Waals surface area contributed by atoms with Crippen LogP contribution in [0.3, 0.4) is 0 Å². The highest BCUT2D eigenvalue weighted by molar-refractivity contribution is 5.55. The number of hydrogen-bond acceptors (Lipinski definition) is 2. The van der Waals surface area contributed by atoms with Crippen LogP contribution in [0.15, 0.2) is 29.8 Å². The predicted octanol–water partition coefficient (Wildman–Crippen LogP) is 3.60. The minimum absolute atomic E-state index is 0.514. The molecule has 96 valence electrons. The summed E-state index contributed by atoms with van der Waals surface area (Å²) < 4.78 is 0. The fraction of sp³-hybridized carbons (Fsp3) is 0.438. The molecule has 2 heteroatoms. The number of nitrogens with one attached hydrogen (secondary N) is 1. The topological polar surface area (TPSA) is 35.8 Å². The molecular weight excluding hydrogens is 220 g/mol. The van der Waals surface area contributed by atoms with E-state index in [0.717, 1.165) is 25.1 Å². The Balaban J connectivity index is 2.83. The van der Waals surface area contributed by atoms with Gasteiger partial charge in [0.15, 0.2) is 0 Å². The van der Waals surface area contributed by atoms with Gasteiger partial charge in [0.25, 0.3) is 0 Å². The van der Waals surface area contributed by atoms with Gasteiger partial charge in [0, 0.05) is 6.54 Å². The van der Waals surface area contributed by atoms with E-state index in [-0.39, 0.29) is 0 Å². The first-order chi connectivity index (χ1) is 8.67. The molecule has 0 radical (unpaired) electrons. The summed E-state index contributed by atoms with van der Waals surface area (Å²) in [7, 11) is 0. The van der Waals surface area contributed by atoms with Gasteiger partial charge < -0.3 is 5.32 Å². The van der Waals surface area contributed by atoms with Crippen LogP contribution in [0, 0.1) is 17.2 Å². The van der Waals surface area contributed by atoms with Gasteiger partial charge >= 0.3 is 0 Å². The van der Waals surface area contributed by atoms with Crippen molar-refractivity contribution in [2.24, 2.45) is 5.92 Å². The molecule has 0 saturated heterocycles. The normalized spacial score (nSPS) is 11.6. The zero-order valence-electron chi connectivity index (χ0n) is 11.5. The zero-order chi connectivity index (χ0) is 13.4. The summed E-state index contributed by atoms with van der Waals surface area (Å²) in [6, 6.07) is 9.92. The average Bonchev–Trinajstić information content (AvgIpc) is 2.38. The first-order valence-corrected chi connectivity index (χ1v) is 6.58. The lowest BCUT2D eigenvalue weighted by Gasteiger charge is -2.12. The number of nitriles is 1. The van der Waals surface area contributed by atoms with Gasteiger partial charge in [-0.15, -0.1) is 0 Å². The van der Waals surface area contributed by atoms with E-state index >= 15 is 0 Å². The largest absolute Gasteiger partial charge is 0.313 e. The molecule has 1 aromatic rings. The molecule has 0 spiro atoms. The van der Waals surface area contributed by atoms with Crippen molar-refractivity contribution in [2.75, 3.05) is 13.1 Å². The first-order valence-electron chi connectivity index (χ1n) is 6.58. The highest BCUT2D eigenvalue weighted by atomic mass is 14.8. The second-order valence-electron chi connectivity index (χ2n) is 4.79. The predicted molar refractivity (Wildman–Crippen MR) is 77.1 cm³/mol. The molecule has 0 bridgehead atoms. The molecule has 0 heterocycles. The highest BCUT2D eigenvalue weighted by Crippen LogP contribution is 2.15. The maximum absolute atomic E-state index is 8.90. The van der Waals surface area contributed by atoms with Gasteiger partial charge in [-0.25, -0.2) is 0 Å². The van der Waals surface area contributed by atoms with Crippen molar-refractivity contribution in [2.45, 2.75) is 27.2 Å². The zero-order valence-corrected chi connectivity index (χ0v) is 11.5. The van der Waals surface area contributed by atoms with Crippen molar-refractivity contribution in [3.8, 4) is 6.07 Å². The Hall–Kier alpha value is -1.59. The Morgan fingerprint density at radius 1 is 1.44 bits per heavy atom. The van der Waals surface area contributed by atoms with Crippen LogP contribution < -0.4 is 5.32 Å². The van der Waals surface area contributed by atoms with E-state index in [2.05, 4.69) is 38.2 Å². The van der Waals surface area contributed by atoms with Gasteiger partial charge in [0.1, 0.15) is 0 Å². The molecule has 0 aromatic heterocycles. The van der Waals surface area contributed by atoms with Gasteiger partial charge in [-0.1, -0.05) is 44.6 Å². The van der Waals surface area contributed by atoms with Crippen LogP contribution in [0.25, 0.3) is 6.08 Å². The summed E-state index contributed by atoms with van der Waals surface area (Å²) in [5, 5.41) is 12.3. The monoisotopic (exact) mass is 242 g/mol. The van der Waals surface area contributed by atoms with Crippen molar-refractivity contribution in [1.82, 2.24) is 5.32 Å². The maximum atomic E-state index is 8.90. The van der Waals surface area contributed by atoms with Crippen LogP contribution in [0.1, 0.15) is 38.3 Å². The minimum atomic E-state index is 0.514. The molecule has 0 unspecified atom stereocenters. The first kappa shape index (κ1) is 14.5. The average molecular weight is 242 g/mol. The van der Waals surface area contributed by atoms with E-state index in [0.29, 0.717) is 11.5 Å². The Kier molecular flexibility index (Phi) is 6.18. The summed E-state index contributed by atoms with van der Waals surface area (Å²) in [4.78, 5) is 0. The summed E-state index contributed by atoms with van der Waals surface area (Å²) in [5.41, 5.74) is 3.20. The molecule has 0 fully saturated rings. The molecule has 18 heavy (non-hydrogen) atoms. The maximum Gasteiger partial charge on any atom is 0.0991 e. The van der Waals surface area contributed by atoms with Crippen molar-refractivity contribution in [3.63, 3.8) is 0 Å². The summed E-state index contributed by atoms with van der Waals surface area (Å²) in [5.74, 6) is 0.514. The lowest BCUT2D eigenvalue weighted by Crippen LogP contribution is -2.19. The molecule has 0 aliphatic heterocycles. The minimum Gasteiger partial charge on any atom is -0.313 e. The molecular formula is C16H22N2. The Morgan fingerprint density at radius 2 is 2.22 bits per heavy atom. The van der Waals surface area contributed by atoms with Crippen LogP contribution >= 0.6 is 0 Å². The molecule has 1 N–H and O–H groups in total. The molecule has 0 aliphatic rings. The standard InChI is InChI=1S/C16H22N2/c1-4-8-18-12-16(13(2)3)10-14-6-5-7-15(9-14)11-17/h5-7,9-10,13,18H,4,8,12H2,1-3H3. The second-order valence-corrected chi connectivity index (χ2v) is 4.79. The van der Waals surface area contributed by atoms with E-state index in [1.165, 1.54) is 5.57 Å². The Morgan fingerprint density at radius 3 is 2.83 bits per heavy atom. The van der Waals surface area contributed by atoms with E-state index < -0.39 is 0 Å². The van der Waals surface area contributed by atoms with Crippen LogP contribution in [0.5, 0.6) is 0 Å². The van der Waals surface area contributed by atoms with Crippen LogP contribution in [-0.4, -0.2) is 13.1 Å². The van der Waals surface area contributed by atoms with Gasteiger partial charge in [-0.3, -0.25) is 0 Å². The summed E-state index contributed by atoms with van der Waals surface area (Å²) in [6.45, 7) is 8.54. The van der Waals surface area contributed by atoms with Crippen molar-refractivity contribution in [3.05, 3.63) is 41.0 Å². The quantitative estimate of drug-likeness (QED) is 0.774. The Labute approximate surface area is 110 Å². The second kappa shape index (κ2) is 7.68. The molecule has 1 aromatic carbocycles. The molecule has 0 aliphatic carbocycles. The van der Waals surface area contributed by atoms with Crippen LogP contribution in [0.4, 0.5) is 0 Å². The van der Waals surface area contributed by atoms with Gasteiger partial charge in [0.05, 0.1) is 11.6 Å². The SMILES string of the molecule is CCCNCC(=Cc1cccc(C#N)c1)C(C)C. The number of nitrogens with zero attached hydrogens (tertiary/aromatic N) is 1.